The lowest BCUT2D eigenvalue weighted by molar-refractivity contribution is -0.131. The van der Waals surface area contributed by atoms with Crippen LogP contribution in [-0.2, 0) is 20.7 Å². The summed E-state index contributed by atoms with van der Waals surface area (Å²) in [5, 5.41) is 0.671. The molecule has 2 fully saturated rings. The monoisotopic (exact) mass is 352 g/mol. The highest BCUT2D eigenvalue weighted by Gasteiger charge is 2.25. The summed E-state index contributed by atoms with van der Waals surface area (Å²) < 4.78 is 11.3. The Labute approximate surface area is 148 Å². The SMILES string of the molecule is O=C(Cc1cccc(Cl)c1)N1CCCO[C@@H](CN2CCOCC2)C1. The van der Waals surface area contributed by atoms with Crippen molar-refractivity contribution >= 4 is 17.5 Å². The van der Waals surface area contributed by atoms with Gasteiger partial charge in [-0.05, 0) is 24.1 Å². The van der Waals surface area contributed by atoms with Crippen LogP contribution in [0.3, 0.4) is 0 Å². The third-order valence-electron chi connectivity index (χ3n) is 4.51. The molecule has 2 aliphatic heterocycles. The lowest BCUT2D eigenvalue weighted by Crippen LogP contribution is -2.46. The number of hydrogen-bond acceptors (Lipinski definition) is 4. The smallest absolute Gasteiger partial charge is 0.227 e. The molecule has 2 aliphatic rings. The maximum Gasteiger partial charge on any atom is 0.227 e. The van der Waals surface area contributed by atoms with Crippen molar-refractivity contribution in [1.29, 1.82) is 0 Å². The average molecular weight is 353 g/mol. The molecule has 132 valence electrons. The number of nitrogens with zero attached hydrogens (tertiary/aromatic N) is 2. The minimum Gasteiger partial charge on any atom is -0.379 e. The fraction of sp³-hybridized carbons (Fsp3) is 0.611. The molecule has 1 aromatic rings. The molecule has 2 saturated heterocycles. The van der Waals surface area contributed by atoms with Gasteiger partial charge in [0, 0.05) is 44.4 Å². The summed E-state index contributed by atoms with van der Waals surface area (Å²) in [6.45, 7) is 6.46. The van der Waals surface area contributed by atoms with Crippen molar-refractivity contribution < 1.29 is 14.3 Å². The molecule has 0 aliphatic carbocycles. The number of morpholine rings is 1. The molecule has 5 nitrogen and oxygen atoms in total. The molecule has 1 atom stereocenters. The molecule has 2 heterocycles. The average Bonchev–Trinajstić information content (AvgIpc) is 2.81. The van der Waals surface area contributed by atoms with Gasteiger partial charge in [-0.2, -0.15) is 0 Å². The molecule has 3 rings (SSSR count). The molecule has 0 radical (unpaired) electrons. The normalized spacial score (nSPS) is 23.0. The number of carbonyl (C=O) groups excluding carboxylic acids is 1. The van der Waals surface area contributed by atoms with Crippen molar-refractivity contribution in [3.8, 4) is 0 Å². The van der Waals surface area contributed by atoms with Crippen molar-refractivity contribution in [2.45, 2.75) is 18.9 Å². The van der Waals surface area contributed by atoms with Gasteiger partial charge in [0.15, 0.2) is 0 Å². The maximum absolute atomic E-state index is 12.7. The lowest BCUT2D eigenvalue weighted by Gasteiger charge is -2.31. The molecule has 0 unspecified atom stereocenters. The number of carbonyl (C=O) groups is 1. The zero-order chi connectivity index (χ0) is 16.8. The number of hydrogen-bond donors (Lipinski definition) is 0. The number of halogens is 1. The van der Waals surface area contributed by atoms with E-state index in [9.17, 15) is 4.79 Å². The van der Waals surface area contributed by atoms with Crippen molar-refractivity contribution in [3.05, 3.63) is 34.9 Å². The first-order valence-corrected chi connectivity index (χ1v) is 9.02. The molecule has 0 spiro atoms. The van der Waals surface area contributed by atoms with Crippen molar-refractivity contribution in [2.75, 3.05) is 52.5 Å². The van der Waals surface area contributed by atoms with Gasteiger partial charge in [0.05, 0.1) is 25.7 Å². The summed E-state index contributed by atoms with van der Waals surface area (Å²) in [4.78, 5) is 17.0. The Bertz CT molecular complexity index is 549. The van der Waals surface area contributed by atoms with Crippen LogP contribution in [0.2, 0.25) is 5.02 Å². The molecular formula is C18H25ClN2O3. The Morgan fingerprint density at radius 2 is 2.04 bits per heavy atom. The number of amides is 1. The number of benzene rings is 1. The van der Waals surface area contributed by atoms with Gasteiger partial charge < -0.3 is 14.4 Å². The van der Waals surface area contributed by atoms with Crippen LogP contribution in [0.5, 0.6) is 0 Å². The van der Waals surface area contributed by atoms with E-state index in [1.165, 1.54) is 0 Å². The molecule has 1 amide bonds. The first kappa shape index (κ1) is 17.7. The second kappa shape index (κ2) is 8.81. The van der Waals surface area contributed by atoms with E-state index in [0.29, 0.717) is 18.0 Å². The van der Waals surface area contributed by atoms with Gasteiger partial charge in [0.25, 0.3) is 0 Å². The summed E-state index contributed by atoms with van der Waals surface area (Å²) >= 11 is 6.01. The van der Waals surface area contributed by atoms with Gasteiger partial charge >= 0.3 is 0 Å². The third kappa shape index (κ3) is 5.18. The summed E-state index contributed by atoms with van der Waals surface area (Å²) in [6.07, 6.45) is 1.36. The van der Waals surface area contributed by atoms with Crippen LogP contribution in [0.15, 0.2) is 24.3 Å². The highest BCUT2D eigenvalue weighted by Crippen LogP contribution is 2.14. The van der Waals surface area contributed by atoms with E-state index < -0.39 is 0 Å². The van der Waals surface area contributed by atoms with Crippen LogP contribution in [0, 0.1) is 0 Å². The van der Waals surface area contributed by atoms with Gasteiger partial charge in [0.1, 0.15) is 0 Å². The van der Waals surface area contributed by atoms with Gasteiger partial charge in [0.2, 0.25) is 5.91 Å². The van der Waals surface area contributed by atoms with E-state index in [2.05, 4.69) is 4.90 Å². The van der Waals surface area contributed by atoms with Crippen LogP contribution >= 0.6 is 11.6 Å². The van der Waals surface area contributed by atoms with Crippen LogP contribution < -0.4 is 0 Å². The highest BCUT2D eigenvalue weighted by molar-refractivity contribution is 6.30. The van der Waals surface area contributed by atoms with E-state index in [1.807, 2.05) is 29.2 Å². The summed E-state index contributed by atoms with van der Waals surface area (Å²) in [5.74, 6) is 0.148. The second-order valence-electron chi connectivity index (χ2n) is 6.41. The summed E-state index contributed by atoms with van der Waals surface area (Å²) in [5.41, 5.74) is 0.961. The standard InChI is InChI=1S/C18H25ClN2O3/c19-16-4-1-3-15(11-16)12-18(22)21-5-2-8-24-17(14-21)13-20-6-9-23-10-7-20/h1,3-4,11,17H,2,5-10,12-14H2/t17-/m0/s1. The van der Waals surface area contributed by atoms with E-state index in [1.54, 1.807) is 0 Å². The molecule has 0 aromatic heterocycles. The molecule has 0 N–H and O–H groups in total. The second-order valence-corrected chi connectivity index (χ2v) is 6.84. The first-order valence-electron chi connectivity index (χ1n) is 8.64. The van der Waals surface area contributed by atoms with Crippen LogP contribution in [-0.4, -0.2) is 74.4 Å². The van der Waals surface area contributed by atoms with E-state index >= 15 is 0 Å². The topological polar surface area (TPSA) is 42.0 Å². The number of ether oxygens (including phenoxy) is 2. The van der Waals surface area contributed by atoms with Crippen molar-refractivity contribution in [1.82, 2.24) is 9.80 Å². The van der Waals surface area contributed by atoms with Crippen molar-refractivity contribution in [3.63, 3.8) is 0 Å². The van der Waals surface area contributed by atoms with Gasteiger partial charge in [-0.3, -0.25) is 9.69 Å². The Morgan fingerprint density at radius 3 is 2.83 bits per heavy atom. The molecule has 0 saturated carbocycles. The van der Waals surface area contributed by atoms with Crippen molar-refractivity contribution in [2.24, 2.45) is 0 Å². The molecule has 24 heavy (non-hydrogen) atoms. The molecule has 0 bridgehead atoms. The Morgan fingerprint density at radius 1 is 1.21 bits per heavy atom. The van der Waals surface area contributed by atoms with Gasteiger partial charge in [-0.1, -0.05) is 23.7 Å². The zero-order valence-corrected chi connectivity index (χ0v) is 14.7. The Hall–Kier alpha value is -1.14. The number of rotatable bonds is 4. The van der Waals surface area contributed by atoms with E-state index in [-0.39, 0.29) is 12.0 Å². The molecular weight excluding hydrogens is 328 g/mol. The van der Waals surface area contributed by atoms with Crippen LogP contribution in [0.4, 0.5) is 0 Å². The molecule has 6 heteroatoms. The Balaban J connectivity index is 1.56. The van der Waals surface area contributed by atoms with Gasteiger partial charge in [-0.25, -0.2) is 0 Å². The fourth-order valence-electron chi connectivity index (χ4n) is 3.24. The van der Waals surface area contributed by atoms with E-state index in [4.69, 9.17) is 21.1 Å². The first-order chi connectivity index (χ1) is 11.7. The fourth-order valence-corrected chi connectivity index (χ4v) is 3.45. The predicted octanol–water partition coefficient (Wildman–Crippen LogP) is 1.83. The van der Waals surface area contributed by atoms with Crippen LogP contribution in [0.25, 0.3) is 0 Å². The largest absolute Gasteiger partial charge is 0.379 e. The summed E-state index contributed by atoms with van der Waals surface area (Å²) in [6, 6.07) is 7.52. The summed E-state index contributed by atoms with van der Waals surface area (Å²) in [7, 11) is 0. The maximum atomic E-state index is 12.7. The van der Waals surface area contributed by atoms with Gasteiger partial charge in [-0.15, -0.1) is 0 Å². The minimum atomic E-state index is 0.0777. The van der Waals surface area contributed by atoms with Crippen LogP contribution in [0.1, 0.15) is 12.0 Å². The third-order valence-corrected chi connectivity index (χ3v) is 4.75. The predicted molar refractivity (Wildman–Crippen MR) is 93.4 cm³/mol. The lowest BCUT2D eigenvalue weighted by atomic mass is 10.1. The Kier molecular flexibility index (Phi) is 6.49. The quantitative estimate of drug-likeness (QED) is 0.829. The minimum absolute atomic E-state index is 0.0777. The molecule has 1 aromatic carbocycles. The van der Waals surface area contributed by atoms with E-state index in [0.717, 1.165) is 58.0 Å². The highest BCUT2D eigenvalue weighted by atomic mass is 35.5. The zero-order valence-electron chi connectivity index (χ0n) is 14.0.